The highest BCUT2D eigenvalue weighted by atomic mass is 16.2. The number of amides is 1. The van der Waals surface area contributed by atoms with Crippen LogP contribution >= 0.6 is 0 Å². The highest BCUT2D eigenvalue weighted by Gasteiger charge is 2.38. The molecule has 1 saturated heterocycles. The Kier molecular flexibility index (Phi) is 5.44. The summed E-state index contributed by atoms with van der Waals surface area (Å²) < 4.78 is 0. The maximum absolute atomic E-state index is 12.6. The molecule has 20 heavy (non-hydrogen) atoms. The van der Waals surface area contributed by atoms with Crippen LogP contribution < -0.4 is 5.32 Å². The molecule has 4 nitrogen and oxygen atoms in total. The molecule has 1 aliphatic heterocycles. The number of nitrogens with zero attached hydrogens (tertiary/aromatic N) is 2. The van der Waals surface area contributed by atoms with E-state index in [1.807, 2.05) is 0 Å². The van der Waals surface area contributed by atoms with Gasteiger partial charge in [0, 0.05) is 19.1 Å². The number of rotatable bonds is 8. The fraction of sp³-hybridized carbons (Fsp3) is 0.938. The molecule has 116 valence electrons. The molecule has 2 atom stereocenters. The highest BCUT2D eigenvalue weighted by molar-refractivity contribution is 5.84. The van der Waals surface area contributed by atoms with Gasteiger partial charge in [-0.05, 0) is 38.6 Å². The van der Waals surface area contributed by atoms with E-state index in [0.717, 1.165) is 38.4 Å². The molecule has 4 heteroatoms. The van der Waals surface area contributed by atoms with Gasteiger partial charge < -0.3 is 9.80 Å². The molecule has 1 heterocycles. The van der Waals surface area contributed by atoms with Crippen molar-refractivity contribution < 1.29 is 4.79 Å². The third-order valence-electron chi connectivity index (χ3n) is 4.48. The Labute approximate surface area is 123 Å². The van der Waals surface area contributed by atoms with Gasteiger partial charge in [-0.3, -0.25) is 10.1 Å². The van der Waals surface area contributed by atoms with E-state index in [-0.39, 0.29) is 12.2 Å². The van der Waals surface area contributed by atoms with Crippen LogP contribution in [0.3, 0.4) is 0 Å². The zero-order valence-electron chi connectivity index (χ0n) is 13.6. The zero-order chi connectivity index (χ0) is 14.7. The lowest BCUT2D eigenvalue weighted by Crippen LogP contribution is -2.42. The van der Waals surface area contributed by atoms with Crippen LogP contribution in [-0.4, -0.2) is 54.1 Å². The Hall–Kier alpha value is -0.610. The standard InChI is InChI=1S/C16H31N3O/c1-5-6-15-17-14(11-12(2)3)16(20)19(15)10-9-18(4)13-7-8-13/h12-15,17H,5-11H2,1-4H3. The molecule has 1 aliphatic carbocycles. The molecule has 0 aromatic carbocycles. The minimum absolute atomic E-state index is 0.0396. The summed E-state index contributed by atoms with van der Waals surface area (Å²) in [5.74, 6) is 0.883. The van der Waals surface area contributed by atoms with E-state index in [4.69, 9.17) is 0 Å². The number of hydrogen-bond acceptors (Lipinski definition) is 3. The Morgan fingerprint density at radius 2 is 2.10 bits per heavy atom. The van der Waals surface area contributed by atoms with E-state index in [0.29, 0.717) is 11.8 Å². The smallest absolute Gasteiger partial charge is 0.241 e. The van der Waals surface area contributed by atoms with Crippen molar-refractivity contribution in [2.75, 3.05) is 20.1 Å². The first-order valence-electron chi connectivity index (χ1n) is 8.29. The summed E-state index contributed by atoms with van der Waals surface area (Å²) in [6.45, 7) is 8.45. The van der Waals surface area contributed by atoms with E-state index >= 15 is 0 Å². The van der Waals surface area contributed by atoms with Gasteiger partial charge in [0.15, 0.2) is 0 Å². The van der Waals surface area contributed by atoms with Crippen LogP contribution in [-0.2, 0) is 4.79 Å². The number of carbonyl (C=O) groups excluding carboxylic acids is 1. The lowest BCUT2D eigenvalue weighted by atomic mass is 10.0. The fourth-order valence-electron chi connectivity index (χ4n) is 3.13. The Bertz CT molecular complexity index is 328. The van der Waals surface area contributed by atoms with Crippen molar-refractivity contribution in [3.63, 3.8) is 0 Å². The molecule has 0 radical (unpaired) electrons. The first-order valence-corrected chi connectivity index (χ1v) is 8.29. The first-order chi connectivity index (χ1) is 9.52. The van der Waals surface area contributed by atoms with Crippen molar-refractivity contribution in [3.8, 4) is 0 Å². The number of nitrogens with one attached hydrogen (secondary N) is 1. The second-order valence-electron chi connectivity index (χ2n) is 6.90. The first kappa shape index (κ1) is 15.8. The summed E-state index contributed by atoms with van der Waals surface area (Å²) in [4.78, 5) is 17.1. The van der Waals surface area contributed by atoms with Crippen LogP contribution in [0.2, 0.25) is 0 Å². The van der Waals surface area contributed by atoms with Gasteiger partial charge in [0.05, 0.1) is 12.2 Å². The molecule has 1 saturated carbocycles. The summed E-state index contributed by atoms with van der Waals surface area (Å²) in [7, 11) is 2.19. The summed E-state index contributed by atoms with van der Waals surface area (Å²) in [6.07, 6.45) is 6.05. The number of likely N-dealkylation sites (N-methyl/N-ethyl adjacent to an activating group) is 1. The van der Waals surface area contributed by atoms with Crippen LogP contribution in [0.4, 0.5) is 0 Å². The molecule has 1 N–H and O–H groups in total. The maximum atomic E-state index is 12.6. The van der Waals surface area contributed by atoms with Crippen molar-refractivity contribution in [3.05, 3.63) is 0 Å². The van der Waals surface area contributed by atoms with Gasteiger partial charge in [0.1, 0.15) is 0 Å². The molecule has 0 spiro atoms. The highest BCUT2D eigenvalue weighted by Crippen LogP contribution is 2.25. The molecule has 2 unspecified atom stereocenters. The van der Waals surface area contributed by atoms with Crippen molar-refractivity contribution >= 4 is 5.91 Å². The molecule has 2 rings (SSSR count). The van der Waals surface area contributed by atoms with Crippen molar-refractivity contribution in [2.45, 2.75) is 71.1 Å². The Morgan fingerprint density at radius 1 is 1.40 bits per heavy atom. The molecular formula is C16H31N3O. The van der Waals surface area contributed by atoms with E-state index in [1.165, 1.54) is 12.8 Å². The topological polar surface area (TPSA) is 35.6 Å². The minimum Gasteiger partial charge on any atom is -0.325 e. The molecule has 1 amide bonds. The van der Waals surface area contributed by atoms with Crippen LogP contribution in [0.5, 0.6) is 0 Å². The molecule has 0 aromatic rings. The van der Waals surface area contributed by atoms with Crippen LogP contribution in [0.25, 0.3) is 0 Å². The largest absolute Gasteiger partial charge is 0.325 e. The average molecular weight is 281 g/mol. The second kappa shape index (κ2) is 6.90. The van der Waals surface area contributed by atoms with Crippen molar-refractivity contribution in [1.82, 2.24) is 15.1 Å². The van der Waals surface area contributed by atoms with Crippen molar-refractivity contribution in [2.24, 2.45) is 5.92 Å². The number of hydrogen-bond donors (Lipinski definition) is 1. The molecule has 0 bridgehead atoms. The van der Waals surface area contributed by atoms with E-state index < -0.39 is 0 Å². The average Bonchev–Trinajstić information content (AvgIpc) is 3.17. The molecule has 2 fully saturated rings. The van der Waals surface area contributed by atoms with Crippen LogP contribution in [0.1, 0.15) is 52.9 Å². The van der Waals surface area contributed by atoms with Gasteiger partial charge in [-0.15, -0.1) is 0 Å². The Balaban J connectivity index is 1.89. The summed E-state index contributed by atoms with van der Waals surface area (Å²) >= 11 is 0. The van der Waals surface area contributed by atoms with Gasteiger partial charge in [-0.25, -0.2) is 0 Å². The Morgan fingerprint density at radius 3 is 2.65 bits per heavy atom. The van der Waals surface area contributed by atoms with Crippen LogP contribution in [0.15, 0.2) is 0 Å². The number of carbonyl (C=O) groups is 1. The predicted octanol–water partition coefficient (Wildman–Crippen LogP) is 2.05. The third kappa shape index (κ3) is 3.95. The normalized spacial score (nSPS) is 27.1. The van der Waals surface area contributed by atoms with Gasteiger partial charge in [0.2, 0.25) is 5.91 Å². The van der Waals surface area contributed by atoms with E-state index in [1.54, 1.807) is 0 Å². The summed E-state index contributed by atoms with van der Waals surface area (Å²) in [6, 6.07) is 0.814. The lowest BCUT2D eigenvalue weighted by Gasteiger charge is -2.26. The predicted molar refractivity (Wildman–Crippen MR) is 82.4 cm³/mol. The molecule has 0 aromatic heterocycles. The molecule has 2 aliphatic rings. The summed E-state index contributed by atoms with van der Waals surface area (Å²) in [5, 5.41) is 3.55. The maximum Gasteiger partial charge on any atom is 0.241 e. The van der Waals surface area contributed by atoms with Gasteiger partial charge in [-0.1, -0.05) is 27.2 Å². The summed E-state index contributed by atoms with van der Waals surface area (Å²) in [5.41, 5.74) is 0. The van der Waals surface area contributed by atoms with Gasteiger partial charge >= 0.3 is 0 Å². The zero-order valence-corrected chi connectivity index (χ0v) is 13.6. The second-order valence-corrected chi connectivity index (χ2v) is 6.90. The van der Waals surface area contributed by atoms with E-state index in [2.05, 4.69) is 42.9 Å². The van der Waals surface area contributed by atoms with Gasteiger partial charge in [-0.2, -0.15) is 0 Å². The van der Waals surface area contributed by atoms with Crippen molar-refractivity contribution in [1.29, 1.82) is 0 Å². The SMILES string of the molecule is CCCC1NC(CC(C)C)C(=O)N1CCN(C)C1CC1. The third-order valence-corrected chi connectivity index (χ3v) is 4.48. The van der Waals surface area contributed by atoms with Gasteiger partial charge in [0.25, 0.3) is 0 Å². The van der Waals surface area contributed by atoms with E-state index in [9.17, 15) is 4.79 Å². The quantitative estimate of drug-likeness (QED) is 0.739. The van der Waals surface area contributed by atoms with Crippen LogP contribution in [0, 0.1) is 5.92 Å². The minimum atomic E-state index is 0.0396. The monoisotopic (exact) mass is 281 g/mol. The molecular weight excluding hydrogens is 250 g/mol. The fourth-order valence-corrected chi connectivity index (χ4v) is 3.13. The lowest BCUT2D eigenvalue weighted by molar-refractivity contribution is -0.130.